The molecule has 0 atom stereocenters. The Balaban J connectivity index is 1.67. The molecule has 0 saturated heterocycles. The molecule has 2 N–H and O–H groups in total. The van der Waals surface area contributed by atoms with E-state index in [1.54, 1.807) is 6.07 Å². The quantitative estimate of drug-likeness (QED) is 0.724. The Morgan fingerprint density at radius 2 is 2.12 bits per heavy atom. The third-order valence-corrected chi connectivity index (χ3v) is 3.44. The van der Waals surface area contributed by atoms with Gasteiger partial charge < -0.3 is 19.5 Å². The number of hydrogen-bond acceptors (Lipinski definition) is 5. The maximum Gasteiger partial charge on any atom is 0.416 e. The van der Waals surface area contributed by atoms with Gasteiger partial charge in [-0.05, 0) is 17.7 Å². The summed E-state index contributed by atoms with van der Waals surface area (Å²) < 4.78 is 44.5. The summed E-state index contributed by atoms with van der Waals surface area (Å²) >= 11 is 0. The SMILES string of the molecule is O=C(Nc1cn(Cc2cccc(C(F)(F)F)c2)cn1)c1cc(CO)on1. The molecule has 0 aliphatic carbocycles. The number of aliphatic hydroxyl groups excluding tert-OH is 1. The zero-order chi connectivity index (χ0) is 18.7. The van der Waals surface area contributed by atoms with Crippen molar-refractivity contribution in [3.63, 3.8) is 0 Å². The first-order chi connectivity index (χ1) is 12.3. The van der Waals surface area contributed by atoms with Crippen molar-refractivity contribution in [1.29, 1.82) is 0 Å². The Morgan fingerprint density at radius 1 is 1.31 bits per heavy atom. The smallest absolute Gasteiger partial charge is 0.388 e. The van der Waals surface area contributed by atoms with Gasteiger partial charge in [-0.2, -0.15) is 13.2 Å². The molecule has 0 spiro atoms. The van der Waals surface area contributed by atoms with Crippen molar-refractivity contribution < 1.29 is 27.6 Å². The molecule has 2 aromatic heterocycles. The topological polar surface area (TPSA) is 93.2 Å². The molecule has 0 unspecified atom stereocenters. The lowest BCUT2D eigenvalue weighted by molar-refractivity contribution is -0.137. The van der Waals surface area contributed by atoms with Gasteiger partial charge in [0.1, 0.15) is 6.61 Å². The maximum absolute atomic E-state index is 12.7. The molecule has 10 heteroatoms. The largest absolute Gasteiger partial charge is 0.416 e. The summed E-state index contributed by atoms with van der Waals surface area (Å²) in [5.41, 5.74) is -0.310. The third kappa shape index (κ3) is 4.09. The number of carbonyl (C=O) groups is 1. The summed E-state index contributed by atoms with van der Waals surface area (Å²) in [6.07, 6.45) is -1.54. The van der Waals surface area contributed by atoms with Crippen LogP contribution in [0.1, 0.15) is 27.4 Å². The summed E-state index contributed by atoms with van der Waals surface area (Å²) in [6.45, 7) is -0.225. The van der Waals surface area contributed by atoms with Crippen LogP contribution in [0.25, 0.3) is 0 Å². The molecule has 7 nitrogen and oxygen atoms in total. The molecular weight excluding hydrogens is 353 g/mol. The van der Waals surface area contributed by atoms with Crippen molar-refractivity contribution in [3.8, 4) is 0 Å². The van der Waals surface area contributed by atoms with E-state index in [0.29, 0.717) is 5.56 Å². The first-order valence-corrected chi connectivity index (χ1v) is 7.41. The number of rotatable bonds is 5. The van der Waals surface area contributed by atoms with Crippen LogP contribution in [0.4, 0.5) is 19.0 Å². The van der Waals surface area contributed by atoms with Gasteiger partial charge in [-0.25, -0.2) is 4.98 Å². The van der Waals surface area contributed by atoms with Gasteiger partial charge in [-0.15, -0.1) is 0 Å². The van der Waals surface area contributed by atoms with E-state index in [4.69, 9.17) is 9.63 Å². The molecule has 0 radical (unpaired) electrons. The van der Waals surface area contributed by atoms with Crippen LogP contribution in [0.15, 0.2) is 47.4 Å². The lowest BCUT2D eigenvalue weighted by Gasteiger charge is -2.09. The molecule has 0 saturated carbocycles. The zero-order valence-corrected chi connectivity index (χ0v) is 13.2. The van der Waals surface area contributed by atoms with Gasteiger partial charge in [0.25, 0.3) is 5.91 Å². The fraction of sp³-hybridized carbons (Fsp3) is 0.188. The average molecular weight is 366 g/mol. The van der Waals surface area contributed by atoms with E-state index >= 15 is 0 Å². The Hall–Kier alpha value is -3.14. The first kappa shape index (κ1) is 17.7. The molecule has 1 aromatic carbocycles. The van der Waals surface area contributed by atoms with Crippen LogP contribution >= 0.6 is 0 Å². The van der Waals surface area contributed by atoms with Crippen LogP contribution in [0.5, 0.6) is 0 Å². The van der Waals surface area contributed by atoms with Crippen LogP contribution in [-0.4, -0.2) is 25.7 Å². The Labute approximate surface area is 145 Å². The Bertz CT molecular complexity index is 917. The first-order valence-electron chi connectivity index (χ1n) is 7.41. The van der Waals surface area contributed by atoms with Gasteiger partial charge in [-0.3, -0.25) is 4.79 Å². The molecular formula is C16H13F3N4O3. The fourth-order valence-corrected chi connectivity index (χ4v) is 2.24. The molecule has 0 aliphatic rings. The lowest BCUT2D eigenvalue weighted by Crippen LogP contribution is -2.12. The molecule has 0 fully saturated rings. The van der Waals surface area contributed by atoms with E-state index in [1.807, 2.05) is 0 Å². The van der Waals surface area contributed by atoms with E-state index < -0.39 is 17.6 Å². The van der Waals surface area contributed by atoms with Crippen LogP contribution in [0.2, 0.25) is 0 Å². The minimum absolute atomic E-state index is 0.0264. The Kier molecular flexibility index (Phi) is 4.76. The highest BCUT2D eigenvalue weighted by Gasteiger charge is 2.30. The molecule has 0 aliphatic heterocycles. The normalized spacial score (nSPS) is 11.5. The molecule has 3 rings (SSSR count). The number of aromatic nitrogens is 3. The fourth-order valence-electron chi connectivity index (χ4n) is 2.24. The number of anilines is 1. The summed E-state index contributed by atoms with van der Waals surface area (Å²) in [5.74, 6) is -0.237. The summed E-state index contributed by atoms with van der Waals surface area (Å²) in [6, 6.07) is 6.25. The van der Waals surface area contributed by atoms with Crippen LogP contribution in [0.3, 0.4) is 0 Å². The van der Waals surface area contributed by atoms with Gasteiger partial charge in [0.05, 0.1) is 11.9 Å². The number of imidazole rings is 1. The average Bonchev–Trinajstić information content (AvgIpc) is 3.23. The van der Waals surface area contributed by atoms with Gasteiger partial charge in [0, 0.05) is 18.8 Å². The second kappa shape index (κ2) is 7.00. The number of carbonyl (C=O) groups excluding carboxylic acids is 1. The standard InChI is InChI=1S/C16H13F3N4O3/c17-16(18,19)11-3-1-2-10(4-11)6-23-7-14(20-9-23)21-15(25)13-5-12(8-24)26-22-13/h1-5,7,9,24H,6,8H2,(H,21,25). The minimum Gasteiger partial charge on any atom is -0.388 e. The van der Waals surface area contributed by atoms with E-state index in [2.05, 4.69) is 15.5 Å². The van der Waals surface area contributed by atoms with Crippen LogP contribution < -0.4 is 5.32 Å². The van der Waals surface area contributed by atoms with Gasteiger partial charge in [-0.1, -0.05) is 17.3 Å². The van der Waals surface area contributed by atoms with Gasteiger partial charge >= 0.3 is 6.18 Å². The minimum atomic E-state index is -4.41. The third-order valence-electron chi connectivity index (χ3n) is 3.44. The molecule has 2 heterocycles. The number of hydrogen-bond donors (Lipinski definition) is 2. The number of amides is 1. The van der Waals surface area contributed by atoms with Crippen molar-refractivity contribution in [2.75, 3.05) is 5.32 Å². The van der Waals surface area contributed by atoms with Crippen LogP contribution in [0, 0.1) is 0 Å². The number of alkyl halides is 3. The second-order valence-corrected chi connectivity index (χ2v) is 5.42. The molecule has 136 valence electrons. The van der Waals surface area contributed by atoms with Gasteiger partial charge in [0.2, 0.25) is 0 Å². The molecule has 0 bridgehead atoms. The van der Waals surface area contributed by atoms with E-state index in [1.165, 1.54) is 29.2 Å². The number of nitrogens with zero attached hydrogens (tertiary/aromatic N) is 3. The van der Waals surface area contributed by atoms with Crippen LogP contribution in [-0.2, 0) is 19.3 Å². The number of halogens is 3. The van der Waals surface area contributed by atoms with Gasteiger partial charge in [0.15, 0.2) is 17.3 Å². The highest BCUT2D eigenvalue weighted by molar-refractivity contribution is 6.02. The van der Waals surface area contributed by atoms with Crippen molar-refractivity contribution in [2.45, 2.75) is 19.3 Å². The van der Waals surface area contributed by atoms with E-state index in [9.17, 15) is 18.0 Å². The van der Waals surface area contributed by atoms with Crippen molar-refractivity contribution in [1.82, 2.24) is 14.7 Å². The number of nitrogens with one attached hydrogen (secondary N) is 1. The van der Waals surface area contributed by atoms with Crippen molar-refractivity contribution in [3.05, 3.63) is 65.4 Å². The van der Waals surface area contributed by atoms with Crippen molar-refractivity contribution in [2.24, 2.45) is 0 Å². The predicted octanol–water partition coefficient (Wildman–Crippen LogP) is 2.68. The zero-order valence-electron chi connectivity index (χ0n) is 13.2. The molecule has 26 heavy (non-hydrogen) atoms. The summed E-state index contributed by atoms with van der Waals surface area (Å²) in [5, 5.41) is 14.9. The molecule has 1 amide bonds. The lowest BCUT2D eigenvalue weighted by atomic mass is 10.1. The Morgan fingerprint density at radius 3 is 2.81 bits per heavy atom. The highest BCUT2D eigenvalue weighted by atomic mass is 19.4. The van der Waals surface area contributed by atoms with E-state index in [-0.39, 0.29) is 30.4 Å². The maximum atomic E-state index is 12.7. The summed E-state index contributed by atoms with van der Waals surface area (Å²) in [7, 11) is 0. The monoisotopic (exact) mass is 366 g/mol. The second-order valence-electron chi connectivity index (χ2n) is 5.42. The number of benzene rings is 1. The molecule has 3 aromatic rings. The number of aliphatic hydroxyl groups is 1. The van der Waals surface area contributed by atoms with Crippen molar-refractivity contribution >= 4 is 11.7 Å². The summed E-state index contributed by atoms with van der Waals surface area (Å²) in [4.78, 5) is 16.0. The predicted molar refractivity (Wildman–Crippen MR) is 83.2 cm³/mol. The highest BCUT2D eigenvalue weighted by Crippen LogP contribution is 2.29. The van der Waals surface area contributed by atoms with E-state index in [0.717, 1.165) is 12.1 Å².